The van der Waals surface area contributed by atoms with Crippen molar-refractivity contribution in [2.75, 3.05) is 9.80 Å². The number of aromatic nitrogens is 2. The maximum absolute atomic E-state index is 5.12. The highest BCUT2D eigenvalue weighted by Crippen LogP contribution is 2.47. The van der Waals surface area contributed by atoms with Gasteiger partial charge in [0.25, 0.3) is 0 Å². The zero-order chi connectivity index (χ0) is 35.4. The average Bonchev–Trinajstić information content (AvgIpc) is 3.35. The molecule has 6 heteroatoms. The molecular formula is C44H46N6. The molecule has 6 aromatic rings. The number of nitrogens with zero attached hydrogens (tertiary/aromatic N) is 6. The fourth-order valence-corrected chi connectivity index (χ4v) is 8.33. The number of benzene rings is 4. The fourth-order valence-electron chi connectivity index (χ4n) is 8.33. The number of hydrogen-bond donors (Lipinski definition) is 0. The molecule has 2 aliphatic heterocycles. The molecule has 50 heavy (non-hydrogen) atoms. The van der Waals surface area contributed by atoms with Crippen LogP contribution in [-0.4, -0.2) is 43.8 Å². The third kappa shape index (κ3) is 4.46. The van der Waals surface area contributed by atoms with Crippen molar-refractivity contribution in [1.29, 1.82) is 0 Å². The minimum absolute atomic E-state index is 0.207. The summed E-state index contributed by atoms with van der Waals surface area (Å²) in [7, 11) is 0. The van der Waals surface area contributed by atoms with Crippen molar-refractivity contribution < 1.29 is 0 Å². The van der Waals surface area contributed by atoms with E-state index in [4.69, 9.17) is 20.0 Å². The Hall–Kier alpha value is -5.10. The number of rotatable bonds is 4. The SMILES string of the molecule is CC1=NC(C)(C)C(C)(C)N1c1ccc(-c2c3ccccc3c(-c3ccc(N4C(C)=NC(C)(C)C4(C)C)nc3)c3c2ccc2ccccc23)cn1. The number of anilines is 2. The Morgan fingerprint density at radius 1 is 0.460 bits per heavy atom. The van der Waals surface area contributed by atoms with Crippen molar-refractivity contribution in [3.8, 4) is 22.3 Å². The Bertz CT molecular complexity index is 2400. The number of amidine groups is 2. The van der Waals surface area contributed by atoms with Crippen molar-refractivity contribution in [3.63, 3.8) is 0 Å². The van der Waals surface area contributed by atoms with E-state index in [0.29, 0.717) is 0 Å². The molecule has 2 aromatic heterocycles. The number of fused-ring (bicyclic) bond motifs is 4. The molecule has 8 rings (SSSR count). The van der Waals surface area contributed by atoms with Crippen LogP contribution in [0.15, 0.2) is 107 Å². The number of hydrogen-bond acceptors (Lipinski definition) is 6. The van der Waals surface area contributed by atoms with Gasteiger partial charge in [-0.15, -0.1) is 0 Å². The van der Waals surface area contributed by atoms with Gasteiger partial charge in [-0.1, -0.05) is 60.7 Å². The van der Waals surface area contributed by atoms with Gasteiger partial charge in [0, 0.05) is 23.5 Å². The van der Waals surface area contributed by atoms with Gasteiger partial charge in [-0.2, -0.15) is 0 Å². The molecule has 0 saturated heterocycles. The summed E-state index contributed by atoms with van der Waals surface area (Å²) in [5.74, 6) is 3.81. The lowest BCUT2D eigenvalue weighted by atomic mass is 9.83. The molecule has 4 aromatic carbocycles. The first-order valence-corrected chi connectivity index (χ1v) is 17.7. The van der Waals surface area contributed by atoms with Crippen molar-refractivity contribution in [1.82, 2.24) is 9.97 Å². The summed E-state index contributed by atoms with van der Waals surface area (Å²) in [5.41, 5.74) is 3.70. The van der Waals surface area contributed by atoms with Crippen LogP contribution in [-0.2, 0) is 0 Å². The molecule has 0 spiro atoms. The van der Waals surface area contributed by atoms with Crippen LogP contribution >= 0.6 is 0 Å². The third-order valence-corrected chi connectivity index (χ3v) is 12.1. The second-order valence-electron chi connectivity index (χ2n) is 16.0. The third-order valence-electron chi connectivity index (χ3n) is 12.1. The highest BCUT2D eigenvalue weighted by molar-refractivity contribution is 6.27. The van der Waals surface area contributed by atoms with Crippen molar-refractivity contribution >= 4 is 55.6 Å². The van der Waals surface area contributed by atoms with Crippen LogP contribution in [0.5, 0.6) is 0 Å². The van der Waals surface area contributed by atoms with Crippen LogP contribution in [0.25, 0.3) is 54.6 Å². The van der Waals surface area contributed by atoms with Gasteiger partial charge in [-0.25, -0.2) is 9.97 Å². The van der Waals surface area contributed by atoms with Crippen LogP contribution < -0.4 is 9.80 Å². The molecule has 6 nitrogen and oxygen atoms in total. The van der Waals surface area contributed by atoms with Gasteiger partial charge >= 0.3 is 0 Å². The summed E-state index contributed by atoms with van der Waals surface area (Å²) in [6.45, 7) is 21.9. The van der Waals surface area contributed by atoms with E-state index >= 15 is 0 Å². The topological polar surface area (TPSA) is 57.0 Å². The number of pyridine rings is 2. The zero-order valence-electron chi connectivity index (χ0n) is 30.9. The van der Waals surface area contributed by atoms with Crippen LogP contribution in [0.1, 0.15) is 69.2 Å². The molecule has 0 fully saturated rings. The highest BCUT2D eigenvalue weighted by Gasteiger charge is 2.49. The summed E-state index contributed by atoms with van der Waals surface area (Å²) in [6.07, 6.45) is 4.09. The van der Waals surface area contributed by atoms with Gasteiger partial charge in [0.2, 0.25) is 0 Å². The van der Waals surface area contributed by atoms with Gasteiger partial charge in [0.05, 0.1) is 22.2 Å². The average molecular weight is 659 g/mol. The summed E-state index contributed by atoms with van der Waals surface area (Å²) >= 11 is 0. The lowest BCUT2D eigenvalue weighted by Gasteiger charge is -2.40. The van der Waals surface area contributed by atoms with Gasteiger partial charge < -0.3 is 9.80 Å². The Morgan fingerprint density at radius 2 is 0.920 bits per heavy atom. The summed E-state index contributed by atoms with van der Waals surface area (Å²) in [6, 6.07) is 30.8. The largest absolute Gasteiger partial charge is 0.307 e. The lowest BCUT2D eigenvalue weighted by Crippen LogP contribution is -2.53. The molecule has 252 valence electrons. The fraction of sp³-hybridized carbons (Fsp3) is 0.318. The van der Waals surface area contributed by atoms with E-state index in [-0.39, 0.29) is 22.2 Å². The Labute approximate surface area is 295 Å². The van der Waals surface area contributed by atoms with E-state index < -0.39 is 0 Å². The Morgan fingerprint density at radius 3 is 1.38 bits per heavy atom. The summed E-state index contributed by atoms with van der Waals surface area (Å²) < 4.78 is 0. The lowest BCUT2D eigenvalue weighted by molar-refractivity contribution is 0.337. The molecule has 0 atom stereocenters. The second-order valence-corrected chi connectivity index (χ2v) is 16.0. The van der Waals surface area contributed by atoms with E-state index in [1.165, 1.54) is 43.4 Å². The smallest absolute Gasteiger partial charge is 0.134 e. The predicted molar refractivity (Wildman–Crippen MR) is 213 cm³/mol. The first-order chi connectivity index (χ1) is 23.6. The maximum Gasteiger partial charge on any atom is 0.134 e. The minimum atomic E-state index is -0.223. The van der Waals surface area contributed by atoms with E-state index in [9.17, 15) is 0 Å². The standard InChI is InChI=1S/C44H46N6/c1-27-47-41(3,4)43(7,8)49(27)36-23-20-30(25-45-36)38-33-17-13-14-18-34(33)39(40-32-16-12-11-15-29(32)19-22-35(38)40)31-21-24-37(46-26-31)50-28(2)48-42(5,6)44(50,9)10/h11-26H,1-10H3. The molecule has 0 unspecified atom stereocenters. The first kappa shape index (κ1) is 32.1. The van der Waals surface area contributed by atoms with Crippen molar-refractivity contribution in [3.05, 3.63) is 97.3 Å². The highest BCUT2D eigenvalue weighted by atomic mass is 15.4. The predicted octanol–water partition coefficient (Wildman–Crippen LogP) is 10.9. The second kappa shape index (κ2) is 10.7. The first-order valence-electron chi connectivity index (χ1n) is 17.7. The minimum Gasteiger partial charge on any atom is -0.307 e. The van der Waals surface area contributed by atoms with Gasteiger partial charge in [0.15, 0.2) is 0 Å². The Kier molecular flexibility index (Phi) is 6.87. The molecule has 4 heterocycles. The summed E-state index contributed by atoms with van der Waals surface area (Å²) in [5, 5.41) is 7.23. The van der Waals surface area contributed by atoms with E-state index in [1.54, 1.807) is 0 Å². The van der Waals surface area contributed by atoms with E-state index in [2.05, 4.69) is 164 Å². The normalized spacial score (nSPS) is 19.0. The van der Waals surface area contributed by atoms with E-state index in [1.807, 2.05) is 12.4 Å². The number of aliphatic imine (C=N–C) groups is 2. The summed E-state index contributed by atoms with van der Waals surface area (Å²) in [4.78, 5) is 24.8. The molecule has 0 saturated carbocycles. The monoisotopic (exact) mass is 658 g/mol. The van der Waals surface area contributed by atoms with E-state index in [0.717, 1.165) is 34.4 Å². The molecule has 2 aliphatic rings. The van der Waals surface area contributed by atoms with Crippen molar-refractivity contribution in [2.45, 2.75) is 91.4 Å². The molecule has 0 N–H and O–H groups in total. The quantitative estimate of drug-likeness (QED) is 0.140. The molecule has 0 bridgehead atoms. The van der Waals surface area contributed by atoms with Gasteiger partial charge in [0.1, 0.15) is 23.3 Å². The van der Waals surface area contributed by atoms with Crippen LogP contribution in [0, 0.1) is 0 Å². The van der Waals surface area contributed by atoms with Crippen molar-refractivity contribution in [2.24, 2.45) is 9.98 Å². The van der Waals surface area contributed by atoms with Crippen LogP contribution in [0.4, 0.5) is 11.6 Å². The molecular weight excluding hydrogens is 613 g/mol. The maximum atomic E-state index is 5.12. The zero-order valence-corrected chi connectivity index (χ0v) is 30.9. The Balaban J connectivity index is 1.34. The van der Waals surface area contributed by atoms with Gasteiger partial charge in [-0.05, 0) is 137 Å². The molecule has 0 aliphatic carbocycles. The van der Waals surface area contributed by atoms with Crippen LogP contribution in [0.3, 0.4) is 0 Å². The molecule has 0 amide bonds. The van der Waals surface area contributed by atoms with Crippen LogP contribution in [0.2, 0.25) is 0 Å². The molecule has 0 radical (unpaired) electrons. The van der Waals surface area contributed by atoms with Gasteiger partial charge in [-0.3, -0.25) is 9.98 Å².